The van der Waals surface area contributed by atoms with Crippen LogP contribution in [0.4, 0.5) is 52.7 Å². The second-order valence-corrected chi connectivity index (χ2v) is 27.3. The molecule has 0 aliphatic heterocycles. The highest BCUT2D eigenvalue weighted by atomic mass is 79.9. The number of hydrazine groups is 1. The number of esters is 1. The van der Waals surface area contributed by atoms with E-state index in [1.54, 1.807) is 111 Å². The van der Waals surface area contributed by atoms with Crippen molar-refractivity contribution in [1.29, 1.82) is 0 Å². The van der Waals surface area contributed by atoms with E-state index >= 15 is 0 Å². The van der Waals surface area contributed by atoms with Gasteiger partial charge in [0, 0.05) is 96.7 Å². The number of imidazole rings is 4. The Labute approximate surface area is 719 Å². The summed E-state index contributed by atoms with van der Waals surface area (Å²) in [6, 6.07) is 32.9. The van der Waals surface area contributed by atoms with Crippen LogP contribution in [0.2, 0.25) is 0 Å². The molecule has 13 rings (SSSR count). The largest absolute Gasteiger partial charge is 0.496 e. The lowest BCUT2D eigenvalue weighted by atomic mass is 10.0. The normalized spacial score (nSPS) is 11.3. The number of carbonyl (C=O) groups excluding carboxylic acids is 6. The first-order valence-corrected chi connectivity index (χ1v) is 37.0. The Hall–Kier alpha value is -13.6. The molecular weight excluding hydrogens is 1750 g/mol. The molecular formula is C85H85BrF12N12O16. The van der Waals surface area contributed by atoms with Gasteiger partial charge in [0.1, 0.15) is 93.6 Å². The summed E-state index contributed by atoms with van der Waals surface area (Å²) < 4.78 is 211. The second kappa shape index (κ2) is 42.2. The number of ketones is 4. The molecule has 0 saturated carbocycles. The number of benzene rings is 8. The highest BCUT2D eigenvalue weighted by Gasteiger charge is 2.35. The Morgan fingerprint density at radius 2 is 0.651 bits per heavy atom. The molecule has 0 fully saturated rings. The zero-order valence-electron chi connectivity index (χ0n) is 66.5. The molecule has 0 spiro atoms. The number of hydrogen-bond acceptors (Lipinski definition) is 23. The second-order valence-electron chi connectivity index (χ2n) is 26.3. The van der Waals surface area contributed by atoms with E-state index in [-0.39, 0.29) is 90.5 Å². The SMILES string of the molecule is C.C.C.COC(=O)c1ccc2c(c1)ncn2-c1cc(OC)c(C(=O)CCC(F)(F)F)c(OC)c1.COc1cc(-n2cnc3cc(-c4nnc(C)o4)ccc32)cc(OC)c1C(=O)CCC(F)(F)F.COc1cc(-n2cnc3cc(Br)ccc32)cc(OC)c1C(=O)CCC(F)(F)F.COc1cc(-n2cnc3cc(C(=O)NN)ccc32)cc(OC)c1C(=O)CCC(F)(F)F. The zero-order chi connectivity index (χ0) is 89.7. The summed E-state index contributed by atoms with van der Waals surface area (Å²) in [6.07, 6.45) is -19.3. The number of aryl methyl sites for hydroxylation is 1. The number of aromatic nitrogens is 10. The van der Waals surface area contributed by atoms with E-state index in [1.165, 1.54) is 101 Å². The molecule has 3 N–H and O–H groups in total. The number of alkyl halides is 12. The van der Waals surface area contributed by atoms with Crippen molar-refractivity contribution in [3.63, 3.8) is 0 Å². The van der Waals surface area contributed by atoms with Gasteiger partial charge in [-0.3, -0.25) is 47.7 Å². The average Bonchev–Trinajstić information content (AvgIpc) is 1.58. The number of halogens is 13. The highest BCUT2D eigenvalue weighted by molar-refractivity contribution is 9.10. The van der Waals surface area contributed by atoms with Crippen molar-refractivity contribution in [2.24, 2.45) is 5.84 Å². The van der Waals surface area contributed by atoms with Crippen LogP contribution in [0.3, 0.4) is 0 Å². The van der Waals surface area contributed by atoms with Crippen molar-refractivity contribution in [2.45, 2.75) is 105 Å². The Morgan fingerprint density at radius 3 is 0.921 bits per heavy atom. The first-order valence-electron chi connectivity index (χ1n) is 36.2. The predicted octanol–water partition coefficient (Wildman–Crippen LogP) is 19.7. The van der Waals surface area contributed by atoms with Crippen molar-refractivity contribution in [2.75, 3.05) is 64.0 Å². The Balaban J connectivity index is 0.000000229. The predicted molar refractivity (Wildman–Crippen MR) is 444 cm³/mol. The van der Waals surface area contributed by atoms with Crippen LogP contribution in [0.15, 0.2) is 156 Å². The topological polar surface area (TPSA) is 334 Å². The van der Waals surface area contributed by atoms with Gasteiger partial charge in [-0.05, 0) is 72.8 Å². The number of fused-ring (bicyclic) bond motifs is 4. The molecule has 0 atom stereocenters. The number of amides is 1. The lowest BCUT2D eigenvalue weighted by molar-refractivity contribution is -0.134. The summed E-state index contributed by atoms with van der Waals surface area (Å²) in [5.74, 6) is 2.89. The molecule has 8 aromatic carbocycles. The van der Waals surface area contributed by atoms with Gasteiger partial charge in [-0.25, -0.2) is 30.6 Å². The van der Waals surface area contributed by atoms with Crippen LogP contribution in [0.1, 0.15) is 142 Å². The third kappa shape index (κ3) is 23.8. The van der Waals surface area contributed by atoms with Crippen molar-refractivity contribution in [1.82, 2.24) is 53.8 Å². The van der Waals surface area contributed by atoms with Gasteiger partial charge in [0.2, 0.25) is 11.8 Å². The van der Waals surface area contributed by atoms with Crippen molar-refractivity contribution < 1.29 is 129 Å². The molecule has 0 bridgehead atoms. The molecule has 5 heterocycles. The van der Waals surface area contributed by atoms with Crippen LogP contribution in [0.25, 0.3) is 78.3 Å². The molecule has 0 aliphatic rings. The molecule has 0 unspecified atom stereocenters. The van der Waals surface area contributed by atoms with E-state index in [0.717, 1.165) is 21.0 Å². The van der Waals surface area contributed by atoms with E-state index < -0.39 is 111 Å². The van der Waals surface area contributed by atoms with Gasteiger partial charge in [-0.1, -0.05) is 38.2 Å². The number of ether oxygens (including phenoxy) is 9. The fourth-order valence-corrected chi connectivity index (χ4v) is 13.0. The number of methoxy groups -OCH3 is 9. The standard InChI is InChI=1S/C22H19F3N4O4.C21H19F3N2O5.C20H19F3N4O4.C19H16BrF3N2O3.3CH4/c1-12-27-28-21(33-12)13-4-5-16-15(8-13)26-11-29(16)14-9-18(31-2)20(19(10-14)32-3)17(30)6-7-22(23,24)25;1-29-17-9-13(10-18(30-2)19(17)16(27)6-7-21(22,23)24)26-11-25-14-8-12(20(28)31-3)4-5-15(14)26;1-30-16-8-12(9-17(31-2)18(16)15(28)5-6-20(21,22)23)27-10-25-13-7-11(19(29)26-24)3-4-14(13)27;1-27-16-8-12(25-10-24-13-7-11(20)3-4-14(13)25)9-17(28-2)18(16)15(26)5-6-19(21,22)23;;;/h4-5,8-11H,6-7H2,1-3H3;4-5,8-11H,6-7H2,1-3H3;3-4,7-10H,5-6,24H2,1-2H3,(H,26,29);3-4,7-10H,5-6H2,1-2H3;3*1H4. The summed E-state index contributed by atoms with van der Waals surface area (Å²) in [7, 11) is 11.9. The van der Waals surface area contributed by atoms with Gasteiger partial charge < -0.3 is 47.0 Å². The number of Topliss-reactive ketones (excluding diaryl/α,β-unsaturated/α-hetero) is 4. The van der Waals surface area contributed by atoms with E-state index in [9.17, 15) is 81.5 Å². The first kappa shape index (κ1) is 99.5. The summed E-state index contributed by atoms with van der Waals surface area (Å²) >= 11 is 3.39. The van der Waals surface area contributed by atoms with Crippen LogP contribution in [0, 0.1) is 6.92 Å². The number of nitrogens with two attached hydrogens (primary N) is 1. The van der Waals surface area contributed by atoms with Gasteiger partial charge in [0.15, 0.2) is 23.1 Å². The summed E-state index contributed by atoms with van der Waals surface area (Å²) in [6.45, 7) is 1.70. The number of carbonyl (C=O) groups is 6. The molecule has 672 valence electrons. The fourth-order valence-electron chi connectivity index (χ4n) is 12.6. The molecule has 41 heteroatoms. The minimum absolute atomic E-state index is 0. The van der Waals surface area contributed by atoms with Gasteiger partial charge in [0.05, 0.1) is 162 Å². The molecule has 5 aromatic heterocycles. The van der Waals surface area contributed by atoms with Crippen LogP contribution in [0.5, 0.6) is 46.0 Å². The van der Waals surface area contributed by atoms with E-state index in [0.29, 0.717) is 78.8 Å². The van der Waals surface area contributed by atoms with Gasteiger partial charge in [-0.2, -0.15) is 52.7 Å². The quantitative estimate of drug-likeness (QED) is 0.0121. The zero-order valence-corrected chi connectivity index (χ0v) is 68.1. The third-order valence-electron chi connectivity index (χ3n) is 18.5. The minimum atomic E-state index is -4.45. The molecule has 126 heavy (non-hydrogen) atoms. The average molecular weight is 1840 g/mol. The molecule has 28 nitrogen and oxygen atoms in total. The van der Waals surface area contributed by atoms with Gasteiger partial charge >= 0.3 is 30.7 Å². The van der Waals surface area contributed by atoms with Crippen LogP contribution >= 0.6 is 15.9 Å². The first-order chi connectivity index (χ1) is 58.3. The van der Waals surface area contributed by atoms with Gasteiger partial charge in [0.25, 0.3) is 5.91 Å². The Morgan fingerprint density at radius 1 is 0.381 bits per heavy atom. The maximum atomic E-state index is 12.6. The van der Waals surface area contributed by atoms with E-state index in [2.05, 4.69) is 46.1 Å². The lowest BCUT2D eigenvalue weighted by Crippen LogP contribution is -2.29. The number of hydrogen-bond donors (Lipinski definition) is 2. The molecule has 13 aromatic rings. The fraction of sp³-hybridized carbons (Fsp3) is 0.294. The Kier molecular flexibility index (Phi) is 33.3. The maximum absolute atomic E-state index is 12.6. The summed E-state index contributed by atoms with van der Waals surface area (Å²) in [5, 5.41) is 7.83. The van der Waals surface area contributed by atoms with Crippen molar-refractivity contribution in [3.8, 4) is 80.2 Å². The van der Waals surface area contributed by atoms with E-state index in [4.69, 9.17) is 52.9 Å². The third-order valence-corrected chi connectivity index (χ3v) is 19.0. The molecule has 1 amide bonds. The van der Waals surface area contributed by atoms with Crippen molar-refractivity contribution in [3.05, 3.63) is 190 Å². The number of nitrogens with zero attached hydrogens (tertiary/aromatic N) is 10. The summed E-state index contributed by atoms with van der Waals surface area (Å²) in [5.41, 5.74) is 10.6. The van der Waals surface area contributed by atoms with Crippen LogP contribution in [-0.4, -0.2) is 172 Å². The number of rotatable bonds is 27. The monoisotopic (exact) mass is 1840 g/mol. The molecule has 0 radical (unpaired) electrons. The van der Waals surface area contributed by atoms with Gasteiger partial charge in [-0.15, -0.1) is 10.2 Å². The van der Waals surface area contributed by atoms with Crippen molar-refractivity contribution >= 4 is 95.1 Å². The Bertz CT molecular complexity index is 5820. The summed E-state index contributed by atoms with van der Waals surface area (Å²) in [4.78, 5) is 90.6. The van der Waals surface area contributed by atoms with Crippen LogP contribution in [-0.2, 0) is 4.74 Å². The van der Waals surface area contributed by atoms with Crippen LogP contribution < -0.4 is 49.2 Å². The molecule has 0 saturated heterocycles. The smallest absolute Gasteiger partial charge is 0.389 e. The molecule has 0 aliphatic carbocycles. The number of nitrogens with one attached hydrogen (secondary N) is 1. The lowest BCUT2D eigenvalue weighted by Gasteiger charge is -2.16. The maximum Gasteiger partial charge on any atom is 0.389 e. The van der Waals surface area contributed by atoms with E-state index in [1.807, 2.05) is 29.7 Å². The number of nitrogen functional groups attached to an aromatic ring is 1. The minimum Gasteiger partial charge on any atom is -0.496 e. The highest BCUT2D eigenvalue weighted by Crippen LogP contribution is 2.42.